The van der Waals surface area contributed by atoms with Gasteiger partial charge < -0.3 is 20.1 Å². The Morgan fingerprint density at radius 3 is 2.26 bits per heavy atom. The predicted molar refractivity (Wildman–Crippen MR) is 121 cm³/mol. The number of amides is 2. The van der Waals surface area contributed by atoms with Gasteiger partial charge in [0.25, 0.3) is 11.8 Å². The molecule has 0 aromatic heterocycles. The number of hydrogen-bond acceptors (Lipinski definition) is 4. The molecule has 0 unspecified atom stereocenters. The van der Waals surface area contributed by atoms with E-state index >= 15 is 0 Å². The summed E-state index contributed by atoms with van der Waals surface area (Å²) in [5.74, 6) is 0.455. The van der Waals surface area contributed by atoms with E-state index in [0.29, 0.717) is 34.9 Å². The van der Waals surface area contributed by atoms with Gasteiger partial charge in [-0.25, -0.2) is 0 Å². The molecule has 0 heterocycles. The Bertz CT molecular complexity index is 1060. The molecule has 2 N–H and O–H groups in total. The molecule has 0 aliphatic heterocycles. The van der Waals surface area contributed by atoms with E-state index in [1.165, 1.54) is 0 Å². The first-order chi connectivity index (χ1) is 15.1. The first kappa shape index (κ1) is 21.6. The van der Waals surface area contributed by atoms with E-state index in [1.807, 2.05) is 37.3 Å². The van der Waals surface area contributed by atoms with Crippen LogP contribution in [0.5, 0.6) is 11.5 Å². The molecule has 2 amide bonds. The van der Waals surface area contributed by atoms with Gasteiger partial charge in [0.05, 0.1) is 13.7 Å². The monoisotopic (exact) mass is 416 g/mol. The number of nitrogens with one attached hydrogen (secondary N) is 2. The highest BCUT2D eigenvalue weighted by Gasteiger charge is 2.16. The summed E-state index contributed by atoms with van der Waals surface area (Å²) < 4.78 is 10.8. The minimum absolute atomic E-state index is 0.0943. The number of methoxy groups -OCH3 is 1. The van der Waals surface area contributed by atoms with Gasteiger partial charge in [0.15, 0.2) is 0 Å². The van der Waals surface area contributed by atoms with E-state index in [1.54, 1.807) is 61.7 Å². The summed E-state index contributed by atoms with van der Waals surface area (Å²) in [6.45, 7) is 2.36. The van der Waals surface area contributed by atoms with Crippen molar-refractivity contribution in [1.29, 1.82) is 0 Å². The van der Waals surface area contributed by atoms with E-state index in [2.05, 4.69) is 10.6 Å². The van der Waals surface area contributed by atoms with Crippen molar-refractivity contribution in [2.75, 3.05) is 19.0 Å². The van der Waals surface area contributed by atoms with Crippen LogP contribution < -0.4 is 20.1 Å². The Morgan fingerprint density at radius 1 is 0.903 bits per heavy atom. The van der Waals surface area contributed by atoms with Crippen molar-refractivity contribution in [3.8, 4) is 11.5 Å². The number of benzene rings is 3. The minimum Gasteiger partial charge on any atom is -0.497 e. The summed E-state index contributed by atoms with van der Waals surface area (Å²) in [5, 5.41) is 5.53. The maximum absolute atomic E-state index is 13.0. The van der Waals surface area contributed by atoms with E-state index in [0.717, 1.165) is 0 Å². The Balaban J connectivity index is 1.91. The summed E-state index contributed by atoms with van der Waals surface area (Å²) >= 11 is 0. The Morgan fingerprint density at radius 2 is 1.58 bits per heavy atom. The lowest BCUT2D eigenvalue weighted by Gasteiger charge is -2.13. The molecule has 0 saturated carbocycles. The largest absolute Gasteiger partial charge is 0.497 e. The highest BCUT2D eigenvalue weighted by molar-refractivity contribution is 6.10. The number of carbonyl (C=O) groups is 2. The van der Waals surface area contributed by atoms with Gasteiger partial charge in [-0.1, -0.05) is 36.4 Å². The third kappa shape index (κ3) is 5.96. The second kappa shape index (κ2) is 10.6. The van der Waals surface area contributed by atoms with E-state index in [4.69, 9.17) is 9.47 Å². The van der Waals surface area contributed by atoms with Crippen LogP contribution in [0.25, 0.3) is 6.08 Å². The van der Waals surface area contributed by atoms with Crippen molar-refractivity contribution >= 4 is 23.6 Å². The Labute approximate surface area is 181 Å². The van der Waals surface area contributed by atoms with Crippen LogP contribution in [0.2, 0.25) is 0 Å². The molecule has 0 fully saturated rings. The summed E-state index contributed by atoms with van der Waals surface area (Å²) in [6, 6.07) is 23.0. The van der Waals surface area contributed by atoms with Crippen LogP contribution >= 0.6 is 0 Å². The van der Waals surface area contributed by atoms with Gasteiger partial charge in [-0.15, -0.1) is 0 Å². The molecule has 6 nitrogen and oxygen atoms in total. The molecule has 3 rings (SSSR count). The van der Waals surface area contributed by atoms with Crippen molar-refractivity contribution in [3.05, 3.63) is 95.7 Å². The minimum atomic E-state index is -0.458. The lowest BCUT2D eigenvalue weighted by molar-refractivity contribution is -0.113. The summed E-state index contributed by atoms with van der Waals surface area (Å²) in [6.07, 6.45) is 1.60. The number of rotatable bonds is 8. The van der Waals surface area contributed by atoms with E-state index in [9.17, 15) is 9.59 Å². The molecule has 0 atom stereocenters. The van der Waals surface area contributed by atoms with Crippen LogP contribution in [-0.2, 0) is 4.79 Å². The van der Waals surface area contributed by atoms with Gasteiger partial charge in [-0.3, -0.25) is 9.59 Å². The van der Waals surface area contributed by atoms with Crippen molar-refractivity contribution in [2.45, 2.75) is 6.92 Å². The van der Waals surface area contributed by atoms with Crippen LogP contribution in [0.3, 0.4) is 0 Å². The molecule has 31 heavy (non-hydrogen) atoms. The zero-order chi connectivity index (χ0) is 22.1. The first-order valence-corrected chi connectivity index (χ1v) is 9.86. The molecule has 0 bridgehead atoms. The van der Waals surface area contributed by atoms with Crippen LogP contribution in [-0.4, -0.2) is 25.5 Å². The van der Waals surface area contributed by atoms with Crippen molar-refractivity contribution in [2.24, 2.45) is 0 Å². The average molecular weight is 416 g/mol. The topological polar surface area (TPSA) is 76.7 Å². The first-order valence-electron chi connectivity index (χ1n) is 9.86. The average Bonchev–Trinajstić information content (AvgIpc) is 2.81. The summed E-state index contributed by atoms with van der Waals surface area (Å²) in [4.78, 5) is 25.8. The number of carbonyl (C=O) groups excluding carboxylic acids is 2. The smallest absolute Gasteiger partial charge is 0.272 e. The number of para-hydroxylation sites is 1. The maximum Gasteiger partial charge on any atom is 0.272 e. The fourth-order valence-corrected chi connectivity index (χ4v) is 2.86. The fourth-order valence-electron chi connectivity index (χ4n) is 2.86. The highest BCUT2D eigenvalue weighted by Crippen LogP contribution is 2.22. The number of hydrogen-bond donors (Lipinski definition) is 2. The molecule has 0 radical (unpaired) electrons. The van der Waals surface area contributed by atoms with Crippen molar-refractivity contribution in [1.82, 2.24) is 5.32 Å². The molecule has 3 aromatic carbocycles. The molecule has 0 aliphatic rings. The lowest BCUT2D eigenvalue weighted by atomic mass is 10.1. The second-order valence-corrected chi connectivity index (χ2v) is 6.53. The summed E-state index contributed by atoms with van der Waals surface area (Å²) in [7, 11) is 1.57. The van der Waals surface area contributed by atoms with Crippen LogP contribution in [0.4, 0.5) is 5.69 Å². The SMILES string of the molecule is CCOc1ccccc1/C=C(\NC(=O)c1ccccc1)C(=O)Nc1ccc(OC)cc1. The normalized spacial score (nSPS) is 10.8. The van der Waals surface area contributed by atoms with Crippen LogP contribution in [0.1, 0.15) is 22.8 Å². The predicted octanol–water partition coefficient (Wildman–Crippen LogP) is 4.50. The van der Waals surface area contributed by atoms with Crippen LogP contribution in [0, 0.1) is 0 Å². The van der Waals surface area contributed by atoms with Gasteiger partial charge in [-0.2, -0.15) is 0 Å². The molecule has 0 aliphatic carbocycles. The van der Waals surface area contributed by atoms with Gasteiger partial charge in [0, 0.05) is 16.8 Å². The zero-order valence-electron chi connectivity index (χ0n) is 17.4. The number of ether oxygens (including phenoxy) is 2. The summed E-state index contributed by atoms with van der Waals surface area (Å²) in [5.41, 5.74) is 1.79. The molecular formula is C25H24N2O4. The van der Waals surface area contributed by atoms with Crippen LogP contribution in [0.15, 0.2) is 84.6 Å². The third-order valence-corrected chi connectivity index (χ3v) is 4.40. The second-order valence-electron chi connectivity index (χ2n) is 6.53. The van der Waals surface area contributed by atoms with Gasteiger partial charge in [0.1, 0.15) is 17.2 Å². The number of anilines is 1. The van der Waals surface area contributed by atoms with Gasteiger partial charge >= 0.3 is 0 Å². The highest BCUT2D eigenvalue weighted by atomic mass is 16.5. The molecular weight excluding hydrogens is 392 g/mol. The fraction of sp³-hybridized carbons (Fsp3) is 0.120. The molecule has 0 saturated heterocycles. The van der Waals surface area contributed by atoms with E-state index < -0.39 is 5.91 Å². The maximum atomic E-state index is 13.0. The molecule has 6 heteroatoms. The Kier molecular flexibility index (Phi) is 7.43. The molecule has 0 spiro atoms. The van der Waals surface area contributed by atoms with Crippen molar-refractivity contribution < 1.29 is 19.1 Å². The Hall–Kier alpha value is -4.06. The third-order valence-electron chi connectivity index (χ3n) is 4.40. The van der Waals surface area contributed by atoms with Gasteiger partial charge in [-0.05, 0) is 55.5 Å². The molecule has 3 aromatic rings. The zero-order valence-corrected chi connectivity index (χ0v) is 17.4. The molecule has 158 valence electrons. The lowest BCUT2D eigenvalue weighted by Crippen LogP contribution is -2.30. The quantitative estimate of drug-likeness (QED) is 0.530. The van der Waals surface area contributed by atoms with E-state index in [-0.39, 0.29) is 11.6 Å². The standard InChI is InChI=1S/C25H24N2O4/c1-3-31-23-12-8-7-11-19(23)17-22(27-24(28)18-9-5-4-6-10-18)25(29)26-20-13-15-21(30-2)16-14-20/h4-17H,3H2,1-2H3,(H,26,29)(H,27,28)/b22-17-. The van der Waals surface area contributed by atoms with Crippen molar-refractivity contribution in [3.63, 3.8) is 0 Å². The van der Waals surface area contributed by atoms with Gasteiger partial charge in [0.2, 0.25) is 0 Å².